The summed E-state index contributed by atoms with van der Waals surface area (Å²) in [6.45, 7) is 6.88. The lowest BCUT2D eigenvalue weighted by Crippen LogP contribution is -2.24. The number of thioether (sulfide) groups is 1. The van der Waals surface area contributed by atoms with Crippen molar-refractivity contribution in [2.75, 3.05) is 11.9 Å². The number of benzene rings is 1. The molecule has 0 aliphatic carbocycles. The predicted molar refractivity (Wildman–Crippen MR) is 106 cm³/mol. The van der Waals surface area contributed by atoms with Gasteiger partial charge in [-0.05, 0) is 39.2 Å². The Labute approximate surface area is 167 Å². The van der Waals surface area contributed by atoms with Gasteiger partial charge in [0.1, 0.15) is 5.82 Å². The minimum atomic E-state index is -0.483. The number of amides is 1. The Hall–Kier alpha value is -2.46. The van der Waals surface area contributed by atoms with Crippen LogP contribution >= 0.6 is 11.8 Å². The van der Waals surface area contributed by atoms with Gasteiger partial charge in [0.15, 0.2) is 5.16 Å². The molecule has 28 heavy (non-hydrogen) atoms. The van der Waals surface area contributed by atoms with Crippen LogP contribution in [0.4, 0.5) is 11.4 Å². The number of non-ortho nitro benzene ring substituents is 1. The number of ether oxygens (including phenoxy) is 1. The number of aryl methyl sites for hydroxylation is 2. The van der Waals surface area contributed by atoms with E-state index in [0.29, 0.717) is 17.4 Å². The van der Waals surface area contributed by atoms with Crippen molar-refractivity contribution in [3.8, 4) is 0 Å². The van der Waals surface area contributed by atoms with E-state index in [0.717, 1.165) is 30.8 Å². The molecular weight excluding hydrogens is 382 g/mol. The topological polar surface area (TPSA) is 112 Å². The molecule has 1 fully saturated rings. The first-order valence-electron chi connectivity index (χ1n) is 9.09. The van der Waals surface area contributed by atoms with Gasteiger partial charge in [0.05, 0.1) is 28.5 Å². The molecule has 2 heterocycles. The average Bonchev–Trinajstić information content (AvgIpc) is 3.28. The summed E-state index contributed by atoms with van der Waals surface area (Å²) in [7, 11) is 0. The lowest BCUT2D eigenvalue weighted by Gasteiger charge is -2.16. The Balaban J connectivity index is 1.68. The maximum Gasteiger partial charge on any atom is 0.271 e. The molecule has 2 aromatic rings. The fourth-order valence-electron chi connectivity index (χ4n) is 2.96. The van der Waals surface area contributed by atoms with Crippen LogP contribution in [-0.2, 0) is 16.1 Å². The van der Waals surface area contributed by atoms with Crippen LogP contribution in [-0.4, -0.2) is 43.6 Å². The first-order chi connectivity index (χ1) is 13.3. The highest BCUT2D eigenvalue weighted by Crippen LogP contribution is 2.27. The molecule has 0 spiro atoms. The first kappa shape index (κ1) is 20.3. The number of nitro benzene ring substituents is 1. The highest BCUT2D eigenvalue weighted by atomic mass is 32.2. The fourth-order valence-corrected chi connectivity index (χ4v) is 3.86. The molecule has 9 nitrogen and oxygen atoms in total. The Morgan fingerprint density at radius 1 is 1.46 bits per heavy atom. The van der Waals surface area contributed by atoms with Gasteiger partial charge in [-0.1, -0.05) is 17.8 Å². The number of nitro groups is 1. The van der Waals surface area contributed by atoms with E-state index in [1.165, 1.54) is 23.9 Å². The van der Waals surface area contributed by atoms with E-state index >= 15 is 0 Å². The van der Waals surface area contributed by atoms with Gasteiger partial charge in [0.25, 0.3) is 5.69 Å². The number of carbonyl (C=O) groups is 1. The Bertz CT molecular complexity index is 879. The largest absolute Gasteiger partial charge is 0.376 e. The SMILES string of the molecule is Cc1ccc([N+](=O)[O-])cc1NC(=O)[C@@H](C)Sc1nnc(C)n1C[C@@H]1CCCO1. The zero-order chi connectivity index (χ0) is 20.3. The van der Waals surface area contributed by atoms with E-state index in [-0.39, 0.29) is 17.7 Å². The van der Waals surface area contributed by atoms with E-state index in [9.17, 15) is 14.9 Å². The third kappa shape index (κ3) is 4.68. The normalized spacial score (nSPS) is 17.5. The van der Waals surface area contributed by atoms with E-state index in [2.05, 4.69) is 15.5 Å². The van der Waals surface area contributed by atoms with E-state index in [1.54, 1.807) is 19.9 Å². The molecule has 3 rings (SSSR count). The van der Waals surface area contributed by atoms with Crippen LogP contribution in [0.15, 0.2) is 23.4 Å². The molecule has 0 bridgehead atoms. The summed E-state index contributed by atoms with van der Waals surface area (Å²) < 4.78 is 7.67. The number of aromatic nitrogens is 3. The molecule has 1 aliphatic rings. The van der Waals surface area contributed by atoms with Gasteiger partial charge in [-0.2, -0.15) is 0 Å². The van der Waals surface area contributed by atoms with Gasteiger partial charge in [-0.3, -0.25) is 14.9 Å². The fraction of sp³-hybridized carbons (Fsp3) is 0.500. The predicted octanol–water partition coefficient (Wildman–Crippen LogP) is 3.10. The third-order valence-corrected chi connectivity index (χ3v) is 5.73. The van der Waals surface area contributed by atoms with Crippen molar-refractivity contribution >= 4 is 29.0 Å². The van der Waals surface area contributed by atoms with Crippen LogP contribution in [0.5, 0.6) is 0 Å². The molecule has 2 atom stereocenters. The maximum absolute atomic E-state index is 12.6. The number of hydrogen-bond donors (Lipinski definition) is 1. The molecule has 0 radical (unpaired) electrons. The monoisotopic (exact) mass is 405 g/mol. The lowest BCUT2D eigenvalue weighted by molar-refractivity contribution is -0.384. The van der Waals surface area contributed by atoms with Crippen LogP contribution in [0.3, 0.4) is 0 Å². The van der Waals surface area contributed by atoms with Crippen LogP contribution in [0.2, 0.25) is 0 Å². The number of rotatable bonds is 7. The summed E-state index contributed by atoms with van der Waals surface area (Å²) in [6.07, 6.45) is 2.20. The van der Waals surface area contributed by atoms with E-state index < -0.39 is 10.2 Å². The standard InChI is InChI=1S/C18H23N5O4S/c1-11-6-7-14(23(25)26)9-16(11)19-17(24)12(2)28-18-21-20-13(3)22(18)10-15-5-4-8-27-15/h6-7,9,12,15H,4-5,8,10H2,1-3H3,(H,19,24)/t12-,15+/m1/s1. The number of anilines is 1. The van der Waals surface area contributed by atoms with E-state index in [4.69, 9.17) is 4.74 Å². The second-order valence-corrected chi connectivity index (χ2v) is 8.09. The van der Waals surface area contributed by atoms with Crippen molar-refractivity contribution in [2.45, 2.75) is 56.7 Å². The molecule has 1 N–H and O–H groups in total. The number of nitrogens with one attached hydrogen (secondary N) is 1. The average molecular weight is 405 g/mol. The van der Waals surface area contributed by atoms with Gasteiger partial charge in [-0.15, -0.1) is 10.2 Å². The summed E-state index contributed by atoms with van der Waals surface area (Å²) in [6, 6.07) is 4.40. The highest BCUT2D eigenvalue weighted by molar-refractivity contribution is 8.00. The smallest absolute Gasteiger partial charge is 0.271 e. The second-order valence-electron chi connectivity index (χ2n) is 6.78. The number of nitrogens with zero attached hydrogens (tertiary/aromatic N) is 4. The van der Waals surface area contributed by atoms with Gasteiger partial charge in [-0.25, -0.2) is 0 Å². The molecule has 1 amide bonds. The summed E-state index contributed by atoms with van der Waals surface area (Å²) in [5, 5.41) is 22.3. The Morgan fingerprint density at radius 2 is 2.25 bits per heavy atom. The van der Waals surface area contributed by atoms with Crippen molar-refractivity contribution < 1.29 is 14.5 Å². The van der Waals surface area contributed by atoms with Crippen LogP contribution in [0.25, 0.3) is 0 Å². The number of carbonyl (C=O) groups excluding carboxylic acids is 1. The highest BCUT2D eigenvalue weighted by Gasteiger charge is 2.23. The van der Waals surface area contributed by atoms with Crippen molar-refractivity contribution in [1.82, 2.24) is 14.8 Å². The van der Waals surface area contributed by atoms with Crippen LogP contribution in [0.1, 0.15) is 31.2 Å². The third-order valence-electron chi connectivity index (χ3n) is 4.65. The quantitative estimate of drug-likeness (QED) is 0.428. The molecule has 150 valence electrons. The summed E-state index contributed by atoms with van der Waals surface area (Å²) in [4.78, 5) is 23.1. The molecule has 1 aromatic carbocycles. The van der Waals surface area contributed by atoms with Gasteiger partial charge >= 0.3 is 0 Å². The van der Waals surface area contributed by atoms with Gasteiger partial charge in [0.2, 0.25) is 5.91 Å². The zero-order valence-electron chi connectivity index (χ0n) is 16.0. The minimum Gasteiger partial charge on any atom is -0.376 e. The van der Waals surface area contributed by atoms with Crippen molar-refractivity contribution in [3.05, 3.63) is 39.7 Å². The number of hydrogen-bond acceptors (Lipinski definition) is 7. The molecule has 1 saturated heterocycles. The molecule has 0 unspecified atom stereocenters. The minimum absolute atomic E-state index is 0.0619. The molecular formula is C18H23N5O4S. The zero-order valence-corrected chi connectivity index (χ0v) is 16.9. The summed E-state index contributed by atoms with van der Waals surface area (Å²) in [5.74, 6) is 0.526. The Kier molecular flexibility index (Phi) is 6.30. The molecule has 0 saturated carbocycles. The second kappa shape index (κ2) is 8.70. The van der Waals surface area contributed by atoms with Crippen LogP contribution < -0.4 is 5.32 Å². The maximum atomic E-state index is 12.6. The molecule has 1 aliphatic heterocycles. The summed E-state index contributed by atoms with van der Waals surface area (Å²) in [5.41, 5.74) is 1.13. The molecule has 10 heteroatoms. The first-order valence-corrected chi connectivity index (χ1v) is 9.97. The van der Waals surface area contributed by atoms with Crippen molar-refractivity contribution in [2.24, 2.45) is 0 Å². The Morgan fingerprint density at radius 3 is 2.93 bits per heavy atom. The lowest BCUT2D eigenvalue weighted by atomic mass is 10.2. The summed E-state index contributed by atoms with van der Waals surface area (Å²) >= 11 is 1.31. The van der Waals surface area contributed by atoms with Crippen molar-refractivity contribution in [3.63, 3.8) is 0 Å². The van der Waals surface area contributed by atoms with Gasteiger partial charge < -0.3 is 14.6 Å². The van der Waals surface area contributed by atoms with E-state index in [1.807, 2.05) is 11.5 Å². The van der Waals surface area contributed by atoms with Gasteiger partial charge in [0, 0.05) is 18.7 Å². The van der Waals surface area contributed by atoms with Crippen LogP contribution in [0, 0.1) is 24.0 Å². The molecule has 1 aromatic heterocycles. The van der Waals surface area contributed by atoms with Crippen molar-refractivity contribution in [1.29, 1.82) is 0 Å².